The molecule has 24 heavy (non-hydrogen) atoms. The summed E-state index contributed by atoms with van der Waals surface area (Å²) < 4.78 is 32.5. The van der Waals surface area contributed by atoms with Crippen LogP contribution in [0.5, 0.6) is 0 Å². The molecule has 5 nitrogen and oxygen atoms in total. The SMILES string of the molecule is CC(C)(C)c1ccc(S(=O)(=O)Nc2ccc3c(c2)C(=O)OC3)cc1. The molecule has 2 aromatic rings. The molecule has 0 atom stereocenters. The zero-order valence-corrected chi connectivity index (χ0v) is 14.6. The van der Waals surface area contributed by atoms with Crippen LogP contribution in [0.4, 0.5) is 5.69 Å². The minimum atomic E-state index is -3.71. The van der Waals surface area contributed by atoms with E-state index >= 15 is 0 Å². The second-order valence-electron chi connectivity index (χ2n) is 6.83. The average molecular weight is 345 g/mol. The Labute approximate surface area is 141 Å². The van der Waals surface area contributed by atoms with E-state index in [0.717, 1.165) is 11.1 Å². The third kappa shape index (κ3) is 3.14. The Bertz CT molecular complexity index is 894. The van der Waals surface area contributed by atoms with Gasteiger partial charge in [-0.2, -0.15) is 0 Å². The number of rotatable bonds is 3. The number of hydrogen-bond acceptors (Lipinski definition) is 4. The van der Waals surface area contributed by atoms with E-state index in [4.69, 9.17) is 4.74 Å². The van der Waals surface area contributed by atoms with Gasteiger partial charge in [0, 0.05) is 11.3 Å². The summed E-state index contributed by atoms with van der Waals surface area (Å²) in [7, 11) is -3.71. The van der Waals surface area contributed by atoms with Gasteiger partial charge in [-0.25, -0.2) is 13.2 Å². The van der Waals surface area contributed by atoms with Crippen LogP contribution in [0, 0.1) is 0 Å². The van der Waals surface area contributed by atoms with Gasteiger partial charge in [0.15, 0.2) is 0 Å². The molecule has 2 aromatic carbocycles. The Balaban J connectivity index is 1.87. The van der Waals surface area contributed by atoms with Crippen LogP contribution < -0.4 is 4.72 Å². The highest BCUT2D eigenvalue weighted by atomic mass is 32.2. The smallest absolute Gasteiger partial charge is 0.338 e. The predicted octanol–water partition coefficient (Wildman–Crippen LogP) is 3.46. The Morgan fingerprint density at radius 1 is 1.04 bits per heavy atom. The van der Waals surface area contributed by atoms with Crippen LogP contribution in [-0.4, -0.2) is 14.4 Å². The lowest BCUT2D eigenvalue weighted by Crippen LogP contribution is -2.15. The van der Waals surface area contributed by atoms with Crippen molar-refractivity contribution >= 4 is 21.7 Å². The maximum atomic E-state index is 12.5. The van der Waals surface area contributed by atoms with Crippen LogP contribution in [0.25, 0.3) is 0 Å². The van der Waals surface area contributed by atoms with Crippen molar-refractivity contribution in [3.63, 3.8) is 0 Å². The lowest BCUT2D eigenvalue weighted by molar-refractivity contribution is 0.0535. The first kappa shape index (κ1) is 16.5. The van der Waals surface area contributed by atoms with Gasteiger partial charge < -0.3 is 4.74 Å². The Morgan fingerprint density at radius 2 is 1.71 bits per heavy atom. The van der Waals surface area contributed by atoms with Gasteiger partial charge in [-0.05, 0) is 35.2 Å². The van der Waals surface area contributed by atoms with Gasteiger partial charge in [0.05, 0.1) is 10.5 Å². The summed E-state index contributed by atoms with van der Waals surface area (Å²) in [5.41, 5.74) is 2.51. The molecule has 1 aliphatic heterocycles. The third-order valence-corrected chi connectivity index (χ3v) is 5.37. The first-order chi connectivity index (χ1) is 11.2. The van der Waals surface area contributed by atoms with E-state index in [9.17, 15) is 13.2 Å². The molecular formula is C18H19NO4S. The van der Waals surface area contributed by atoms with E-state index in [1.54, 1.807) is 24.3 Å². The summed E-state index contributed by atoms with van der Waals surface area (Å²) in [6.07, 6.45) is 0. The molecule has 0 radical (unpaired) electrons. The fourth-order valence-corrected chi connectivity index (χ4v) is 3.57. The van der Waals surface area contributed by atoms with Gasteiger partial charge in [-0.1, -0.05) is 39.0 Å². The van der Waals surface area contributed by atoms with Crippen molar-refractivity contribution in [1.29, 1.82) is 0 Å². The molecule has 0 unspecified atom stereocenters. The van der Waals surface area contributed by atoms with E-state index < -0.39 is 16.0 Å². The number of hydrogen-bond donors (Lipinski definition) is 1. The lowest BCUT2D eigenvalue weighted by atomic mass is 9.87. The van der Waals surface area contributed by atoms with Gasteiger partial charge in [0.2, 0.25) is 0 Å². The van der Waals surface area contributed by atoms with E-state index in [1.165, 1.54) is 6.07 Å². The van der Waals surface area contributed by atoms with Crippen LogP contribution in [0.1, 0.15) is 42.3 Å². The van der Waals surface area contributed by atoms with Crippen molar-refractivity contribution in [2.24, 2.45) is 0 Å². The molecule has 1 heterocycles. The molecule has 0 fully saturated rings. The summed E-state index contributed by atoms with van der Waals surface area (Å²) in [6.45, 7) is 6.44. The maximum Gasteiger partial charge on any atom is 0.338 e. The van der Waals surface area contributed by atoms with Crippen LogP contribution in [-0.2, 0) is 26.8 Å². The maximum absolute atomic E-state index is 12.5. The van der Waals surface area contributed by atoms with Crippen LogP contribution in [0.15, 0.2) is 47.4 Å². The normalized spacial score (nSPS) is 14.2. The molecule has 0 amide bonds. The number of carbonyl (C=O) groups is 1. The van der Waals surface area contributed by atoms with Crippen molar-refractivity contribution in [1.82, 2.24) is 0 Å². The molecule has 6 heteroatoms. The van der Waals surface area contributed by atoms with Gasteiger partial charge >= 0.3 is 5.97 Å². The van der Waals surface area contributed by atoms with Crippen LogP contribution in [0.2, 0.25) is 0 Å². The molecule has 0 spiro atoms. The molecule has 3 rings (SSSR count). The van der Waals surface area contributed by atoms with Crippen molar-refractivity contribution in [3.05, 3.63) is 59.2 Å². The number of nitrogens with one attached hydrogen (secondary N) is 1. The second kappa shape index (κ2) is 5.63. The topological polar surface area (TPSA) is 72.5 Å². The monoisotopic (exact) mass is 345 g/mol. The van der Waals surface area contributed by atoms with Crippen molar-refractivity contribution in [3.8, 4) is 0 Å². The highest BCUT2D eigenvalue weighted by Gasteiger charge is 2.23. The molecule has 0 aliphatic carbocycles. The Morgan fingerprint density at radius 3 is 2.33 bits per heavy atom. The van der Waals surface area contributed by atoms with Gasteiger partial charge in [0.1, 0.15) is 6.61 Å². The number of esters is 1. The number of benzene rings is 2. The first-order valence-electron chi connectivity index (χ1n) is 7.60. The molecule has 1 aliphatic rings. The quantitative estimate of drug-likeness (QED) is 0.865. The predicted molar refractivity (Wildman–Crippen MR) is 91.5 cm³/mol. The summed E-state index contributed by atoms with van der Waals surface area (Å²) in [6, 6.07) is 11.6. The summed E-state index contributed by atoms with van der Waals surface area (Å²) in [4.78, 5) is 11.8. The number of anilines is 1. The molecule has 0 saturated heterocycles. The van der Waals surface area contributed by atoms with Crippen molar-refractivity contribution < 1.29 is 17.9 Å². The number of sulfonamides is 1. The number of fused-ring (bicyclic) bond motifs is 1. The Kier molecular flexibility index (Phi) is 3.87. The largest absolute Gasteiger partial charge is 0.457 e. The number of carbonyl (C=O) groups excluding carboxylic acids is 1. The highest BCUT2D eigenvalue weighted by molar-refractivity contribution is 7.92. The summed E-state index contributed by atoms with van der Waals surface area (Å²) in [5, 5.41) is 0. The van der Waals surface area contributed by atoms with Gasteiger partial charge in [-0.3, -0.25) is 4.72 Å². The second-order valence-corrected chi connectivity index (χ2v) is 8.51. The van der Waals surface area contributed by atoms with E-state index in [1.807, 2.05) is 12.1 Å². The van der Waals surface area contributed by atoms with E-state index in [2.05, 4.69) is 25.5 Å². The van der Waals surface area contributed by atoms with Crippen molar-refractivity contribution in [2.45, 2.75) is 37.7 Å². The number of cyclic esters (lactones) is 1. The zero-order valence-electron chi connectivity index (χ0n) is 13.8. The molecule has 1 N–H and O–H groups in total. The fraction of sp³-hybridized carbons (Fsp3) is 0.278. The molecular weight excluding hydrogens is 326 g/mol. The highest BCUT2D eigenvalue weighted by Crippen LogP contribution is 2.26. The third-order valence-electron chi connectivity index (χ3n) is 3.97. The summed E-state index contributed by atoms with van der Waals surface area (Å²) in [5.74, 6) is -0.430. The number of ether oxygens (including phenoxy) is 1. The van der Waals surface area contributed by atoms with Gasteiger partial charge in [-0.15, -0.1) is 0 Å². The van der Waals surface area contributed by atoms with Gasteiger partial charge in [0.25, 0.3) is 10.0 Å². The van der Waals surface area contributed by atoms with E-state index in [0.29, 0.717) is 11.3 Å². The zero-order chi connectivity index (χ0) is 17.5. The van der Waals surface area contributed by atoms with E-state index in [-0.39, 0.29) is 16.9 Å². The lowest BCUT2D eigenvalue weighted by Gasteiger charge is -2.19. The summed E-state index contributed by atoms with van der Waals surface area (Å²) >= 11 is 0. The van der Waals surface area contributed by atoms with Crippen LogP contribution >= 0.6 is 0 Å². The van der Waals surface area contributed by atoms with Crippen LogP contribution in [0.3, 0.4) is 0 Å². The Hall–Kier alpha value is -2.34. The minimum absolute atomic E-state index is 0.0456. The average Bonchev–Trinajstić information content (AvgIpc) is 2.87. The molecule has 0 aromatic heterocycles. The molecule has 0 bridgehead atoms. The minimum Gasteiger partial charge on any atom is -0.457 e. The first-order valence-corrected chi connectivity index (χ1v) is 9.08. The fourth-order valence-electron chi connectivity index (χ4n) is 2.53. The standard InChI is InChI=1S/C18H19NO4S/c1-18(2,3)13-5-8-15(9-6-13)24(21,22)19-14-7-4-12-11-23-17(20)16(12)10-14/h4-10,19H,11H2,1-3H3. The molecule has 0 saturated carbocycles. The molecule has 126 valence electrons. The van der Waals surface area contributed by atoms with Crippen molar-refractivity contribution in [2.75, 3.05) is 4.72 Å².